The monoisotopic (exact) mass is 458 g/mol. The van der Waals surface area contributed by atoms with Crippen molar-refractivity contribution >= 4 is 23.4 Å². The van der Waals surface area contributed by atoms with Gasteiger partial charge in [-0.15, -0.1) is 0 Å². The Labute approximate surface area is 184 Å². The second-order valence-electron chi connectivity index (χ2n) is 6.75. The van der Waals surface area contributed by atoms with Crippen molar-refractivity contribution in [3.8, 4) is 5.75 Å². The highest BCUT2D eigenvalue weighted by Crippen LogP contribution is 2.34. The molecule has 2 aromatic rings. The largest absolute Gasteiger partial charge is 0.494 e. The highest BCUT2D eigenvalue weighted by Gasteiger charge is 2.34. The van der Waals surface area contributed by atoms with E-state index in [4.69, 9.17) is 21.1 Å². The lowest BCUT2D eigenvalue weighted by Crippen LogP contribution is -2.14. The van der Waals surface area contributed by atoms with Crippen LogP contribution < -0.4 is 10.1 Å². The van der Waals surface area contributed by atoms with Gasteiger partial charge in [-0.25, -0.2) is 4.98 Å². The van der Waals surface area contributed by atoms with Crippen molar-refractivity contribution in [3.05, 3.63) is 52.2 Å². The predicted octanol–water partition coefficient (Wildman–Crippen LogP) is 5.69. The summed E-state index contributed by atoms with van der Waals surface area (Å²) in [6.45, 7) is 4.73. The molecule has 0 radical (unpaired) electrons. The third-order valence-corrected chi connectivity index (χ3v) is 4.72. The molecule has 0 atom stereocenters. The summed E-state index contributed by atoms with van der Waals surface area (Å²) in [7, 11) is 0. The maximum absolute atomic E-state index is 13.0. The molecule has 0 bridgehead atoms. The first-order chi connectivity index (χ1) is 14.7. The van der Waals surface area contributed by atoms with Crippen LogP contribution in [0, 0.1) is 0 Å². The molecule has 0 amide bonds. The summed E-state index contributed by atoms with van der Waals surface area (Å²) in [5.74, 6) is 0.160. The van der Waals surface area contributed by atoms with E-state index in [0.717, 1.165) is 29.7 Å². The second-order valence-corrected chi connectivity index (χ2v) is 7.13. The predicted molar refractivity (Wildman–Crippen MR) is 114 cm³/mol. The molecule has 1 aromatic carbocycles. The normalized spacial score (nSPS) is 11.3. The van der Waals surface area contributed by atoms with Crippen LogP contribution in [0.3, 0.4) is 0 Å². The SMILES string of the molecule is CCOC(=O)CCc1ccc(OCCCNc2nc(Cl)ccc2C(F)(F)F)cc1CC. The number of esters is 1. The number of alkyl halides is 3. The number of carbonyl (C=O) groups excluding carboxylic acids is 1. The van der Waals surface area contributed by atoms with Gasteiger partial charge in [-0.2, -0.15) is 13.2 Å². The fourth-order valence-electron chi connectivity index (χ4n) is 3.00. The van der Waals surface area contributed by atoms with Crippen LogP contribution in [0.5, 0.6) is 5.75 Å². The molecular formula is C22H26ClF3N2O3. The van der Waals surface area contributed by atoms with Crippen LogP contribution in [0.25, 0.3) is 0 Å². The third kappa shape index (κ3) is 7.94. The molecule has 0 aliphatic rings. The molecule has 9 heteroatoms. The Kier molecular flexibility index (Phi) is 9.43. The fourth-order valence-corrected chi connectivity index (χ4v) is 3.15. The first kappa shape index (κ1) is 24.8. The van der Waals surface area contributed by atoms with E-state index in [1.807, 2.05) is 25.1 Å². The van der Waals surface area contributed by atoms with Crippen molar-refractivity contribution in [2.45, 2.75) is 45.7 Å². The molecule has 0 saturated heterocycles. The molecule has 1 heterocycles. The molecule has 0 spiro atoms. The number of aromatic nitrogens is 1. The van der Waals surface area contributed by atoms with E-state index in [0.29, 0.717) is 38.2 Å². The van der Waals surface area contributed by atoms with Crippen molar-refractivity contribution in [3.63, 3.8) is 0 Å². The quantitative estimate of drug-likeness (QED) is 0.266. The van der Waals surface area contributed by atoms with E-state index in [1.165, 1.54) is 0 Å². The number of nitrogens with zero attached hydrogens (tertiary/aromatic N) is 1. The van der Waals surface area contributed by atoms with Gasteiger partial charge < -0.3 is 14.8 Å². The van der Waals surface area contributed by atoms with E-state index < -0.39 is 11.7 Å². The lowest BCUT2D eigenvalue weighted by atomic mass is 10.0. The highest BCUT2D eigenvalue weighted by atomic mass is 35.5. The molecule has 0 aliphatic carbocycles. The van der Waals surface area contributed by atoms with Crippen LogP contribution in [0.2, 0.25) is 5.15 Å². The van der Waals surface area contributed by atoms with E-state index in [2.05, 4.69) is 10.3 Å². The minimum Gasteiger partial charge on any atom is -0.494 e. The average molecular weight is 459 g/mol. The Hall–Kier alpha value is -2.48. The van der Waals surface area contributed by atoms with Gasteiger partial charge in [-0.05, 0) is 61.6 Å². The van der Waals surface area contributed by atoms with Gasteiger partial charge in [0.25, 0.3) is 0 Å². The van der Waals surface area contributed by atoms with Crippen LogP contribution in [0.4, 0.5) is 19.0 Å². The number of hydrogen-bond acceptors (Lipinski definition) is 5. The minimum absolute atomic E-state index is 0.0121. The molecule has 1 N–H and O–H groups in total. The zero-order valence-corrected chi connectivity index (χ0v) is 18.3. The number of halogens is 4. The summed E-state index contributed by atoms with van der Waals surface area (Å²) < 4.78 is 49.8. The number of hydrogen-bond donors (Lipinski definition) is 1. The highest BCUT2D eigenvalue weighted by molar-refractivity contribution is 6.29. The van der Waals surface area contributed by atoms with Gasteiger partial charge >= 0.3 is 12.1 Å². The van der Waals surface area contributed by atoms with E-state index in [-0.39, 0.29) is 23.5 Å². The summed E-state index contributed by atoms with van der Waals surface area (Å²) >= 11 is 5.71. The average Bonchev–Trinajstić information content (AvgIpc) is 2.71. The number of anilines is 1. The first-order valence-electron chi connectivity index (χ1n) is 10.1. The number of pyridine rings is 1. The first-order valence-corrected chi connectivity index (χ1v) is 10.5. The molecule has 5 nitrogen and oxygen atoms in total. The maximum Gasteiger partial charge on any atom is 0.419 e. The van der Waals surface area contributed by atoms with Crippen LogP contribution >= 0.6 is 11.6 Å². The fraction of sp³-hybridized carbons (Fsp3) is 0.455. The summed E-state index contributed by atoms with van der Waals surface area (Å²) in [5, 5.41) is 2.66. The lowest BCUT2D eigenvalue weighted by Gasteiger charge is -2.14. The number of rotatable bonds is 11. The van der Waals surface area contributed by atoms with Gasteiger partial charge in [0.2, 0.25) is 0 Å². The Morgan fingerprint density at radius 1 is 1.16 bits per heavy atom. The van der Waals surface area contributed by atoms with Crippen LogP contribution in [-0.4, -0.2) is 30.7 Å². The molecule has 0 aliphatic heterocycles. The number of ether oxygens (including phenoxy) is 2. The molecule has 2 rings (SSSR count). The van der Waals surface area contributed by atoms with Gasteiger partial charge in [0.15, 0.2) is 0 Å². The topological polar surface area (TPSA) is 60.5 Å². The lowest BCUT2D eigenvalue weighted by molar-refractivity contribution is -0.143. The minimum atomic E-state index is -4.51. The molecule has 31 heavy (non-hydrogen) atoms. The van der Waals surface area contributed by atoms with Crippen molar-refractivity contribution in [2.24, 2.45) is 0 Å². The number of carbonyl (C=O) groups is 1. The van der Waals surface area contributed by atoms with Crippen molar-refractivity contribution in [1.29, 1.82) is 0 Å². The molecule has 0 unspecified atom stereocenters. The smallest absolute Gasteiger partial charge is 0.419 e. The number of nitrogens with one attached hydrogen (secondary N) is 1. The maximum atomic E-state index is 13.0. The van der Waals surface area contributed by atoms with E-state index >= 15 is 0 Å². The zero-order valence-electron chi connectivity index (χ0n) is 17.5. The Morgan fingerprint density at radius 3 is 2.61 bits per heavy atom. The van der Waals surface area contributed by atoms with Crippen LogP contribution in [0.15, 0.2) is 30.3 Å². The van der Waals surface area contributed by atoms with Crippen LogP contribution in [-0.2, 0) is 28.5 Å². The van der Waals surface area contributed by atoms with Gasteiger partial charge in [0.1, 0.15) is 16.7 Å². The van der Waals surface area contributed by atoms with Gasteiger partial charge in [-0.3, -0.25) is 4.79 Å². The molecule has 0 saturated carbocycles. The van der Waals surface area contributed by atoms with Gasteiger partial charge in [-0.1, -0.05) is 24.6 Å². The number of aryl methyl sites for hydroxylation is 2. The zero-order chi connectivity index (χ0) is 22.9. The van der Waals surface area contributed by atoms with Crippen molar-refractivity contribution in [2.75, 3.05) is 25.1 Å². The second kappa shape index (κ2) is 11.8. The molecular weight excluding hydrogens is 433 g/mol. The Balaban J connectivity index is 1.85. The van der Waals surface area contributed by atoms with Gasteiger partial charge in [0, 0.05) is 13.0 Å². The van der Waals surface area contributed by atoms with E-state index in [1.54, 1.807) is 6.92 Å². The van der Waals surface area contributed by atoms with Crippen molar-refractivity contribution in [1.82, 2.24) is 4.98 Å². The summed E-state index contributed by atoms with van der Waals surface area (Å²) in [6.07, 6.45) is -2.33. The molecule has 0 fully saturated rings. The number of benzene rings is 1. The third-order valence-electron chi connectivity index (χ3n) is 4.51. The van der Waals surface area contributed by atoms with Crippen LogP contribution in [0.1, 0.15) is 43.4 Å². The Bertz CT molecular complexity index is 876. The summed E-state index contributed by atoms with van der Waals surface area (Å²) in [5.41, 5.74) is 1.29. The summed E-state index contributed by atoms with van der Waals surface area (Å²) in [4.78, 5) is 15.3. The Morgan fingerprint density at radius 2 is 1.94 bits per heavy atom. The van der Waals surface area contributed by atoms with E-state index in [9.17, 15) is 18.0 Å². The summed E-state index contributed by atoms with van der Waals surface area (Å²) in [6, 6.07) is 7.70. The standard InChI is InChI=1S/C22H26ClF3N2O3/c1-3-15-14-17(8-6-16(15)7-11-20(29)30-4-2)31-13-5-12-27-21-18(22(24,25)26)9-10-19(23)28-21/h6,8-10,14H,3-5,7,11-13H2,1-2H3,(H,27,28). The van der Waals surface area contributed by atoms with Gasteiger partial charge in [0.05, 0.1) is 18.8 Å². The molecule has 1 aromatic heterocycles. The van der Waals surface area contributed by atoms with Crippen molar-refractivity contribution < 1.29 is 27.4 Å². The molecule has 170 valence electrons.